The Kier molecular flexibility index (Phi) is 10.4. The Balaban J connectivity index is 1.42. The van der Waals surface area contributed by atoms with Crippen LogP contribution < -0.4 is 31.2 Å². The molecule has 17 heteroatoms. The Morgan fingerprint density at radius 3 is 2.62 bits per heavy atom. The second-order valence-electron chi connectivity index (χ2n) is 7.22. The molecule has 0 aliphatic rings. The zero-order valence-corrected chi connectivity index (χ0v) is 22.2. The van der Waals surface area contributed by atoms with E-state index in [1.165, 1.54) is 11.3 Å². The number of thioether (sulfide) groups is 1. The zero-order chi connectivity index (χ0) is 26.8. The monoisotopic (exact) mass is 578 g/mol. The maximum atomic E-state index is 12.2. The second-order valence-corrected chi connectivity index (χ2v) is 10.0. The van der Waals surface area contributed by atoms with E-state index in [0.717, 1.165) is 11.3 Å². The first-order chi connectivity index (χ1) is 17.7. The minimum Gasteiger partial charge on any atom is -0.546 e. The van der Waals surface area contributed by atoms with Gasteiger partial charge in [-0.15, -0.1) is 11.3 Å². The van der Waals surface area contributed by atoms with Crippen LogP contribution in [-0.2, 0) is 12.3 Å². The lowest BCUT2D eigenvalue weighted by molar-refractivity contribution is -0.118. The number of aliphatic imine (C=N–C) groups is 1. The van der Waals surface area contributed by atoms with Crippen molar-refractivity contribution in [3.8, 4) is 11.5 Å². The predicted octanol–water partition coefficient (Wildman–Crippen LogP) is 3.92. The molecule has 0 spiro atoms. The van der Waals surface area contributed by atoms with E-state index in [1.54, 1.807) is 37.4 Å². The summed E-state index contributed by atoms with van der Waals surface area (Å²) >= 11 is 1.10. The topological polar surface area (TPSA) is 155 Å². The fourth-order valence-corrected chi connectivity index (χ4v) is 5.07. The number of hydrogen-bond acceptors (Lipinski definition) is 11. The van der Waals surface area contributed by atoms with Crippen LogP contribution in [0.1, 0.15) is 11.3 Å². The molecule has 1 atom stereocenters. The van der Waals surface area contributed by atoms with E-state index >= 15 is 0 Å². The molecule has 202 valence electrons. The number of nitrogens with two attached hydrogens (primary N) is 1. The number of methoxy groups -OCH3 is 2. The van der Waals surface area contributed by atoms with Crippen LogP contribution in [0.4, 0.5) is 29.9 Å². The molecule has 37 heavy (non-hydrogen) atoms. The third kappa shape index (κ3) is 9.42. The van der Waals surface area contributed by atoms with Gasteiger partial charge in [-0.1, -0.05) is 6.07 Å². The SMILES string of the molecule is COc1ccc(CNc2n[s+]([O-])nc2NCCSCc2csc(N/C(N)=N\CC(F)(F)F)n2)cc1OC. The highest BCUT2D eigenvalue weighted by Crippen LogP contribution is 2.29. The van der Waals surface area contributed by atoms with Gasteiger partial charge in [0.05, 0.1) is 19.9 Å². The fourth-order valence-electron chi connectivity index (χ4n) is 2.84. The summed E-state index contributed by atoms with van der Waals surface area (Å²) in [4.78, 5) is 7.52. The van der Waals surface area contributed by atoms with Crippen molar-refractivity contribution in [2.24, 2.45) is 10.7 Å². The van der Waals surface area contributed by atoms with Crippen LogP contribution in [0.3, 0.4) is 0 Å². The number of aromatic nitrogens is 3. The number of nitrogens with zero attached hydrogens (tertiary/aromatic N) is 4. The Morgan fingerprint density at radius 2 is 1.92 bits per heavy atom. The van der Waals surface area contributed by atoms with Gasteiger partial charge in [-0.2, -0.15) is 24.9 Å². The predicted molar refractivity (Wildman–Crippen MR) is 140 cm³/mol. The van der Waals surface area contributed by atoms with Crippen LogP contribution in [0.2, 0.25) is 0 Å². The van der Waals surface area contributed by atoms with Crippen molar-refractivity contribution in [3.63, 3.8) is 0 Å². The van der Waals surface area contributed by atoms with Crippen LogP contribution in [0.5, 0.6) is 11.5 Å². The van der Waals surface area contributed by atoms with Crippen molar-refractivity contribution < 1.29 is 27.2 Å². The van der Waals surface area contributed by atoms with Crippen LogP contribution in [0, 0.1) is 0 Å². The van der Waals surface area contributed by atoms with Crippen LogP contribution >= 0.6 is 34.2 Å². The smallest absolute Gasteiger partial charge is 0.408 e. The van der Waals surface area contributed by atoms with Crippen molar-refractivity contribution in [1.29, 1.82) is 0 Å². The van der Waals surface area contributed by atoms with Crippen molar-refractivity contribution in [2.45, 2.75) is 18.5 Å². The van der Waals surface area contributed by atoms with Crippen molar-refractivity contribution in [2.75, 3.05) is 49.0 Å². The lowest BCUT2D eigenvalue weighted by atomic mass is 10.2. The molecule has 11 nitrogen and oxygen atoms in total. The molecule has 1 aromatic carbocycles. The number of anilines is 3. The Labute approximate surface area is 222 Å². The molecule has 0 aliphatic carbocycles. The first kappa shape index (κ1) is 28.5. The number of ether oxygens (including phenoxy) is 2. The molecule has 2 heterocycles. The number of hydrogen-bond donors (Lipinski definition) is 4. The summed E-state index contributed by atoms with van der Waals surface area (Å²) in [6, 6.07) is 5.51. The van der Waals surface area contributed by atoms with Gasteiger partial charge in [0.1, 0.15) is 6.54 Å². The molecular formula is C20H25F3N8O3S3. The highest BCUT2D eigenvalue weighted by atomic mass is 32.2. The second kappa shape index (κ2) is 13.5. The van der Waals surface area contributed by atoms with Gasteiger partial charge in [-0.25, -0.2) is 9.98 Å². The zero-order valence-electron chi connectivity index (χ0n) is 19.8. The molecule has 0 saturated carbocycles. The highest BCUT2D eigenvalue weighted by Gasteiger charge is 2.26. The van der Waals surface area contributed by atoms with Gasteiger partial charge in [-0.05, 0) is 17.7 Å². The summed E-state index contributed by atoms with van der Waals surface area (Å²) in [6.45, 7) is -0.411. The van der Waals surface area contributed by atoms with E-state index in [9.17, 15) is 17.7 Å². The third-order valence-corrected chi connectivity index (χ3v) is 6.95. The van der Waals surface area contributed by atoms with Crippen LogP contribution in [-0.4, -0.2) is 63.5 Å². The van der Waals surface area contributed by atoms with Crippen molar-refractivity contribution in [3.05, 3.63) is 34.8 Å². The van der Waals surface area contributed by atoms with Gasteiger partial charge in [-0.3, -0.25) is 0 Å². The summed E-state index contributed by atoms with van der Waals surface area (Å²) < 4.78 is 67.0. The Morgan fingerprint density at radius 1 is 1.19 bits per heavy atom. The minimum atomic E-state index is -4.42. The van der Waals surface area contributed by atoms with E-state index < -0.39 is 23.9 Å². The van der Waals surface area contributed by atoms with Crippen LogP contribution in [0.15, 0.2) is 28.6 Å². The van der Waals surface area contributed by atoms with Gasteiger partial charge in [0.25, 0.3) is 0 Å². The van der Waals surface area contributed by atoms with Gasteiger partial charge >= 0.3 is 6.18 Å². The van der Waals surface area contributed by atoms with Crippen molar-refractivity contribution in [1.82, 2.24) is 13.7 Å². The average Bonchev–Trinajstić information content (AvgIpc) is 3.45. The van der Waals surface area contributed by atoms with Crippen LogP contribution in [0.25, 0.3) is 0 Å². The number of nitrogens with one attached hydrogen (secondary N) is 3. The number of halogens is 3. The molecule has 0 radical (unpaired) electrons. The molecule has 0 amide bonds. The molecular weight excluding hydrogens is 553 g/mol. The Bertz CT molecular complexity index is 1190. The number of benzene rings is 1. The molecule has 3 aromatic rings. The minimum absolute atomic E-state index is 0.345. The summed E-state index contributed by atoms with van der Waals surface area (Å²) in [7, 11) is 3.12. The van der Waals surface area contributed by atoms with E-state index in [2.05, 4.69) is 34.7 Å². The van der Waals surface area contributed by atoms with Crippen molar-refractivity contribution >= 4 is 57.0 Å². The quantitative estimate of drug-likeness (QED) is 0.101. The number of alkyl halides is 3. The Hall–Kier alpha value is -3.02. The molecule has 2 aromatic heterocycles. The van der Waals surface area contributed by atoms with Gasteiger partial charge < -0.3 is 35.7 Å². The standard InChI is InChI=1S/C20H25F3N8O3S3/c1-33-14-4-3-12(7-15(14)34-2)8-26-17-16(30-37(32)31-17)25-5-6-35-9-13-10-36-19(28-13)29-18(24)27-11-20(21,22)23/h3-4,7,10H,5-6,8-9,11H2,1-2H3,(H,25,30)(H,26,31)(H3,24,27,28,29). The summed E-state index contributed by atoms with van der Waals surface area (Å²) in [5.41, 5.74) is 7.12. The maximum Gasteiger partial charge on any atom is 0.408 e. The molecule has 0 aliphatic heterocycles. The lowest BCUT2D eigenvalue weighted by Crippen LogP contribution is -2.25. The molecule has 0 fully saturated rings. The molecule has 1 unspecified atom stereocenters. The summed E-state index contributed by atoms with van der Waals surface area (Å²) in [5.74, 6) is 2.95. The van der Waals surface area contributed by atoms with E-state index in [-0.39, 0.29) is 5.96 Å². The summed E-state index contributed by atoms with van der Waals surface area (Å²) in [6.07, 6.45) is -4.42. The normalized spacial score (nSPS) is 12.4. The number of thiazole rings is 1. The van der Waals surface area contributed by atoms with E-state index in [4.69, 9.17) is 15.2 Å². The lowest BCUT2D eigenvalue weighted by Gasteiger charge is -2.10. The highest BCUT2D eigenvalue weighted by molar-refractivity contribution is 7.98. The van der Waals surface area contributed by atoms with Gasteiger partial charge in [0, 0.05) is 38.7 Å². The van der Waals surface area contributed by atoms with E-state index in [1.807, 2.05) is 12.1 Å². The average molecular weight is 579 g/mol. The first-order valence-corrected chi connectivity index (χ1v) is 13.7. The third-order valence-electron chi connectivity index (χ3n) is 4.48. The number of rotatable bonds is 13. The molecule has 5 N–H and O–H groups in total. The fraction of sp³-hybridized carbons (Fsp3) is 0.400. The number of guanidine groups is 1. The molecule has 0 saturated heterocycles. The molecule has 0 bridgehead atoms. The maximum absolute atomic E-state index is 12.2. The first-order valence-electron chi connectivity index (χ1n) is 10.6. The van der Waals surface area contributed by atoms with Gasteiger partial charge in [0.15, 0.2) is 33.7 Å². The molecule has 3 rings (SSSR count). The van der Waals surface area contributed by atoms with E-state index in [0.29, 0.717) is 52.9 Å². The largest absolute Gasteiger partial charge is 0.546 e. The summed E-state index contributed by atoms with van der Waals surface area (Å²) in [5, 5.41) is 11.0. The van der Waals surface area contributed by atoms with Gasteiger partial charge in [0.2, 0.25) is 11.6 Å².